The van der Waals surface area contributed by atoms with E-state index in [4.69, 9.17) is 0 Å². The molecule has 3 heteroatoms. The first-order valence-electron chi connectivity index (χ1n) is 9.76. The van der Waals surface area contributed by atoms with Gasteiger partial charge in [0.25, 0.3) is 0 Å². The van der Waals surface area contributed by atoms with E-state index in [1.54, 1.807) is 0 Å². The SMILES string of the molecule is CCCCCCCCCCCCCCCCCC[Si](=O)[SiH3]. The molecule has 0 spiro atoms. The Balaban J connectivity index is 2.95. The highest BCUT2D eigenvalue weighted by atomic mass is 29.1. The van der Waals surface area contributed by atoms with E-state index in [0.717, 1.165) is 15.8 Å². The first-order chi connectivity index (χ1) is 10.3. The van der Waals surface area contributed by atoms with Gasteiger partial charge in [-0.15, -0.1) is 0 Å². The zero-order valence-corrected chi connectivity index (χ0v) is 17.9. The highest BCUT2D eigenvalue weighted by Crippen LogP contribution is 2.13. The summed E-state index contributed by atoms with van der Waals surface area (Å²) in [5.41, 5.74) is 0. The van der Waals surface area contributed by atoms with E-state index in [9.17, 15) is 4.46 Å². The minimum absolute atomic E-state index is 0.936. The molecule has 0 aromatic rings. The van der Waals surface area contributed by atoms with Crippen LogP contribution >= 0.6 is 0 Å². The van der Waals surface area contributed by atoms with Gasteiger partial charge < -0.3 is 4.46 Å². The topological polar surface area (TPSA) is 17.1 Å². The molecule has 0 aliphatic rings. The highest BCUT2D eigenvalue weighted by molar-refractivity contribution is 6.93. The van der Waals surface area contributed by atoms with Crippen molar-refractivity contribution in [1.29, 1.82) is 0 Å². The lowest BCUT2D eigenvalue weighted by molar-refractivity contribution is 0.530. The second kappa shape index (κ2) is 18.3. The second-order valence-electron chi connectivity index (χ2n) is 6.76. The third kappa shape index (κ3) is 20.2. The molecule has 0 unspecified atom stereocenters. The van der Waals surface area contributed by atoms with Crippen LogP contribution in [0.2, 0.25) is 6.04 Å². The molecule has 0 fully saturated rings. The third-order valence-corrected chi connectivity index (χ3v) is 6.94. The van der Waals surface area contributed by atoms with Gasteiger partial charge in [-0.05, 0) is 6.04 Å². The average molecular weight is 329 g/mol. The van der Waals surface area contributed by atoms with Crippen LogP contribution < -0.4 is 0 Å². The highest BCUT2D eigenvalue weighted by Gasteiger charge is 1.96. The van der Waals surface area contributed by atoms with Crippen molar-refractivity contribution in [2.24, 2.45) is 0 Å². The third-order valence-electron chi connectivity index (χ3n) is 4.38. The molecule has 0 N–H and O–H groups in total. The van der Waals surface area contributed by atoms with Gasteiger partial charge in [-0.25, -0.2) is 0 Å². The summed E-state index contributed by atoms with van der Waals surface area (Å²) in [7, 11) is -0.128. The van der Waals surface area contributed by atoms with Crippen LogP contribution in [0.3, 0.4) is 0 Å². The quantitative estimate of drug-likeness (QED) is 0.253. The van der Waals surface area contributed by atoms with Gasteiger partial charge in [0.2, 0.25) is 8.20 Å². The number of hydrogen-bond donors (Lipinski definition) is 0. The van der Waals surface area contributed by atoms with Crippen molar-refractivity contribution in [3.8, 4) is 0 Å². The van der Waals surface area contributed by atoms with Gasteiger partial charge >= 0.3 is 0 Å². The molecule has 0 rings (SSSR count). The minimum Gasteiger partial charge on any atom is -0.394 e. The maximum Gasteiger partial charge on any atom is 0.244 e. The van der Waals surface area contributed by atoms with E-state index in [-0.39, 0.29) is 0 Å². The molecule has 0 aromatic heterocycles. The van der Waals surface area contributed by atoms with Crippen molar-refractivity contribution in [3.63, 3.8) is 0 Å². The normalized spacial score (nSPS) is 11.1. The van der Waals surface area contributed by atoms with Gasteiger partial charge in [-0.3, -0.25) is 0 Å². The summed E-state index contributed by atoms with van der Waals surface area (Å²) < 4.78 is 11.0. The first kappa shape index (κ1) is 21.2. The van der Waals surface area contributed by atoms with Crippen LogP contribution in [0.4, 0.5) is 0 Å². The molecule has 0 aliphatic heterocycles. The smallest absolute Gasteiger partial charge is 0.244 e. The van der Waals surface area contributed by atoms with E-state index >= 15 is 0 Å². The van der Waals surface area contributed by atoms with Gasteiger partial charge in [0.15, 0.2) is 0 Å². The summed E-state index contributed by atoms with van der Waals surface area (Å²) in [6.45, 7) is 2.29. The summed E-state index contributed by atoms with van der Waals surface area (Å²) in [6.07, 6.45) is 22.6. The molecule has 0 aromatic carbocycles. The van der Waals surface area contributed by atoms with Crippen molar-refractivity contribution in [2.75, 3.05) is 0 Å². The lowest BCUT2D eigenvalue weighted by Gasteiger charge is -2.03. The largest absolute Gasteiger partial charge is 0.394 e. The lowest BCUT2D eigenvalue weighted by atomic mass is 10.0. The van der Waals surface area contributed by atoms with E-state index in [1.165, 1.54) is 103 Å². The van der Waals surface area contributed by atoms with Crippen LogP contribution in [-0.4, -0.2) is 18.0 Å². The molecule has 126 valence electrons. The van der Waals surface area contributed by atoms with Crippen LogP contribution in [0.1, 0.15) is 110 Å². The van der Waals surface area contributed by atoms with Crippen LogP contribution in [0.15, 0.2) is 0 Å². The zero-order valence-electron chi connectivity index (χ0n) is 14.9. The Morgan fingerprint density at radius 3 is 1.14 bits per heavy atom. The Kier molecular flexibility index (Phi) is 18.5. The summed E-state index contributed by atoms with van der Waals surface area (Å²) in [6, 6.07) is 1.04. The summed E-state index contributed by atoms with van der Waals surface area (Å²) in [5.74, 6) is 0. The molecule has 0 saturated carbocycles. The van der Waals surface area contributed by atoms with Crippen molar-refractivity contribution >= 4 is 18.0 Å². The number of unbranched alkanes of at least 4 members (excludes halogenated alkanes) is 15. The molecule has 1 nitrogen and oxygen atoms in total. The fourth-order valence-corrected chi connectivity index (χ4v) is 4.73. The van der Waals surface area contributed by atoms with Gasteiger partial charge in [0.1, 0.15) is 0 Å². The van der Waals surface area contributed by atoms with Crippen molar-refractivity contribution in [1.82, 2.24) is 0 Å². The predicted molar refractivity (Wildman–Crippen MR) is 101 cm³/mol. The molecular formula is C18H40OSi2. The van der Waals surface area contributed by atoms with Crippen molar-refractivity contribution in [2.45, 2.75) is 116 Å². The van der Waals surface area contributed by atoms with Crippen LogP contribution in [0.25, 0.3) is 0 Å². The summed E-state index contributed by atoms with van der Waals surface area (Å²) in [4.78, 5) is 0. The molecule has 0 amide bonds. The number of hydrogen-bond acceptors (Lipinski definition) is 1. The minimum atomic E-state index is -1.06. The molecular weight excluding hydrogens is 288 g/mol. The molecule has 0 heterocycles. The fourth-order valence-electron chi connectivity index (χ4n) is 2.92. The van der Waals surface area contributed by atoms with Crippen molar-refractivity contribution < 1.29 is 4.46 Å². The number of rotatable bonds is 17. The van der Waals surface area contributed by atoms with Gasteiger partial charge in [-0.2, -0.15) is 0 Å². The fraction of sp³-hybridized carbons (Fsp3) is 1.00. The first-order valence-corrected chi connectivity index (χ1v) is 14.9. The Bertz CT molecular complexity index is 219. The summed E-state index contributed by atoms with van der Waals surface area (Å²) >= 11 is 0. The van der Waals surface area contributed by atoms with Crippen LogP contribution in [0.5, 0.6) is 0 Å². The predicted octanol–water partition coefficient (Wildman–Crippen LogP) is 5.53. The standard InChI is InChI=1S/C18H40OSi2/c1-2-3-4-5-6-7-8-9-10-11-12-13-14-15-16-17-18-21(19)20/h2-18H2,1,20H3. The Morgan fingerprint density at radius 2 is 0.857 bits per heavy atom. The van der Waals surface area contributed by atoms with E-state index < -0.39 is 8.20 Å². The van der Waals surface area contributed by atoms with Gasteiger partial charge in [0.05, 0.1) is 9.76 Å². The molecule has 21 heavy (non-hydrogen) atoms. The monoisotopic (exact) mass is 328 g/mol. The second-order valence-corrected chi connectivity index (χ2v) is 12.0. The Morgan fingerprint density at radius 1 is 0.571 bits per heavy atom. The molecule has 0 atom stereocenters. The van der Waals surface area contributed by atoms with E-state index in [1.807, 2.05) is 0 Å². The lowest BCUT2D eigenvalue weighted by Crippen LogP contribution is -1.97. The zero-order chi connectivity index (χ0) is 15.6. The van der Waals surface area contributed by atoms with Crippen LogP contribution in [-0.2, 0) is 4.46 Å². The van der Waals surface area contributed by atoms with Gasteiger partial charge in [-0.1, -0.05) is 110 Å². The van der Waals surface area contributed by atoms with E-state index in [0.29, 0.717) is 0 Å². The molecule has 0 aliphatic carbocycles. The van der Waals surface area contributed by atoms with E-state index in [2.05, 4.69) is 6.92 Å². The molecule has 0 radical (unpaired) electrons. The van der Waals surface area contributed by atoms with Crippen molar-refractivity contribution in [3.05, 3.63) is 0 Å². The Labute approximate surface area is 138 Å². The van der Waals surface area contributed by atoms with Gasteiger partial charge in [0, 0.05) is 0 Å². The molecule has 0 bridgehead atoms. The van der Waals surface area contributed by atoms with Crippen LogP contribution in [0, 0.1) is 0 Å². The maximum atomic E-state index is 11.0. The summed E-state index contributed by atoms with van der Waals surface area (Å²) in [5, 5.41) is 0. The maximum absolute atomic E-state index is 11.0. The molecule has 0 saturated heterocycles. The Hall–Kier alpha value is 0.234. The average Bonchev–Trinajstić information content (AvgIpc) is 2.46.